The minimum absolute atomic E-state index is 0.102. The molecule has 2 aromatic heterocycles. The summed E-state index contributed by atoms with van der Waals surface area (Å²) in [6.07, 6.45) is -2.10. The quantitative estimate of drug-likeness (QED) is 0.423. The third-order valence-corrected chi connectivity index (χ3v) is 4.80. The van der Waals surface area contributed by atoms with Crippen LogP contribution in [0.15, 0.2) is 53.7 Å². The highest BCUT2D eigenvalue weighted by Crippen LogP contribution is 2.34. The molecule has 0 spiro atoms. The molecule has 9 heteroatoms. The summed E-state index contributed by atoms with van der Waals surface area (Å²) >= 11 is 0. The van der Waals surface area contributed by atoms with Crippen molar-refractivity contribution in [2.45, 2.75) is 39.9 Å². The smallest absolute Gasteiger partial charge is 0.357 e. The van der Waals surface area contributed by atoms with Crippen LogP contribution in [0.2, 0.25) is 0 Å². The third-order valence-electron chi connectivity index (χ3n) is 4.80. The summed E-state index contributed by atoms with van der Waals surface area (Å²) < 4.78 is 42.9. The van der Waals surface area contributed by atoms with Crippen molar-refractivity contribution in [2.75, 3.05) is 13.1 Å². The zero-order chi connectivity index (χ0) is 23.1. The van der Waals surface area contributed by atoms with Gasteiger partial charge in [-0.15, -0.1) is 0 Å². The number of hydrogen-bond acceptors (Lipinski definition) is 3. The maximum absolute atomic E-state index is 13.8. The second-order valence-electron chi connectivity index (χ2n) is 7.37. The molecule has 0 saturated heterocycles. The lowest BCUT2D eigenvalue weighted by Crippen LogP contribution is -2.38. The molecule has 2 heterocycles. The Morgan fingerprint density at radius 1 is 1.09 bits per heavy atom. The SMILES string of the molecule is CCNC(=NCc1ccc(-n2nc(C)cc2C)cc1C(F)(F)F)NCCc1ccccn1. The number of aliphatic imine (C=N–C) groups is 1. The van der Waals surface area contributed by atoms with E-state index >= 15 is 0 Å². The fourth-order valence-electron chi connectivity index (χ4n) is 3.35. The van der Waals surface area contributed by atoms with Gasteiger partial charge in [0.2, 0.25) is 0 Å². The Morgan fingerprint density at radius 3 is 2.53 bits per heavy atom. The lowest BCUT2D eigenvalue weighted by molar-refractivity contribution is -0.138. The van der Waals surface area contributed by atoms with E-state index in [9.17, 15) is 13.2 Å². The van der Waals surface area contributed by atoms with Gasteiger partial charge in [0.25, 0.3) is 0 Å². The predicted octanol–water partition coefficient (Wildman–Crippen LogP) is 4.20. The minimum Gasteiger partial charge on any atom is -0.357 e. The minimum atomic E-state index is -4.50. The van der Waals surface area contributed by atoms with Crippen molar-refractivity contribution >= 4 is 5.96 Å². The molecule has 0 aliphatic rings. The van der Waals surface area contributed by atoms with Gasteiger partial charge in [0.15, 0.2) is 5.96 Å². The van der Waals surface area contributed by atoms with Crippen LogP contribution in [-0.4, -0.2) is 33.8 Å². The van der Waals surface area contributed by atoms with Crippen molar-refractivity contribution in [2.24, 2.45) is 4.99 Å². The second-order valence-corrected chi connectivity index (χ2v) is 7.37. The van der Waals surface area contributed by atoms with Crippen LogP contribution in [0.5, 0.6) is 0 Å². The standard InChI is InChI=1S/C23H27F3N6/c1-4-27-22(29-12-10-19-7-5-6-11-28-19)30-15-18-8-9-20(14-21(18)23(24,25)26)32-17(3)13-16(2)31-32/h5-9,11,13-14H,4,10,12,15H2,1-3H3,(H2,27,29,30). The first-order valence-electron chi connectivity index (χ1n) is 10.4. The summed E-state index contributed by atoms with van der Waals surface area (Å²) in [7, 11) is 0. The summed E-state index contributed by atoms with van der Waals surface area (Å²) in [5, 5.41) is 10.5. The Labute approximate surface area is 185 Å². The van der Waals surface area contributed by atoms with E-state index < -0.39 is 11.7 Å². The van der Waals surface area contributed by atoms with Gasteiger partial charge in [-0.3, -0.25) is 4.98 Å². The van der Waals surface area contributed by atoms with Crippen molar-refractivity contribution in [3.05, 3.63) is 76.9 Å². The van der Waals surface area contributed by atoms with E-state index in [-0.39, 0.29) is 12.1 Å². The molecule has 2 N–H and O–H groups in total. The zero-order valence-corrected chi connectivity index (χ0v) is 18.4. The fraction of sp³-hybridized carbons (Fsp3) is 0.348. The molecule has 0 saturated carbocycles. The molecule has 170 valence electrons. The highest BCUT2D eigenvalue weighted by atomic mass is 19.4. The average Bonchev–Trinajstić information content (AvgIpc) is 3.10. The number of aryl methyl sites for hydroxylation is 2. The number of benzene rings is 1. The molecule has 0 unspecified atom stereocenters. The Kier molecular flexibility index (Phi) is 7.50. The lowest BCUT2D eigenvalue weighted by atomic mass is 10.1. The number of aromatic nitrogens is 3. The molecule has 0 aliphatic carbocycles. The van der Waals surface area contributed by atoms with Gasteiger partial charge in [-0.2, -0.15) is 18.3 Å². The van der Waals surface area contributed by atoms with Gasteiger partial charge in [-0.1, -0.05) is 12.1 Å². The number of halogens is 3. The fourth-order valence-corrected chi connectivity index (χ4v) is 3.35. The van der Waals surface area contributed by atoms with Gasteiger partial charge >= 0.3 is 6.18 Å². The van der Waals surface area contributed by atoms with E-state index in [1.165, 1.54) is 10.7 Å². The van der Waals surface area contributed by atoms with Crippen molar-refractivity contribution in [1.29, 1.82) is 0 Å². The van der Waals surface area contributed by atoms with Crippen molar-refractivity contribution in [1.82, 2.24) is 25.4 Å². The van der Waals surface area contributed by atoms with E-state index in [0.717, 1.165) is 23.1 Å². The topological polar surface area (TPSA) is 67.1 Å². The highest BCUT2D eigenvalue weighted by molar-refractivity contribution is 5.79. The Morgan fingerprint density at radius 2 is 1.91 bits per heavy atom. The van der Waals surface area contributed by atoms with Gasteiger partial charge in [0.1, 0.15) is 0 Å². The molecule has 0 fully saturated rings. The molecule has 0 radical (unpaired) electrons. The monoisotopic (exact) mass is 444 g/mol. The van der Waals surface area contributed by atoms with Crippen LogP contribution in [-0.2, 0) is 19.1 Å². The Balaban J connectivity index is 1.78. The van der Waals surface area contributed by atoms with Gasteiger partial charge in [-0.25, -0.2) is 9.67 Å². The number of pyridine rings is 1. The summed E-state index contributed by atoms with van der Waals surface area (Å²) in [5.41, 5.74) is 2.20. The molecule has 1 aromatic carbocycles. The normalized spacial score (nSPS) is 12.1. The Hall–Kier alpha value is -3.36. The van der Waals surface area contributed by atoms with E-state index in [1.807, 2.05) is 38.1 Å². The summed E-state index contributed by atoms with van der Waals surface area (Å²) in [6.45, 7) is 6.57. The third kappa shape index (κ3) is 6.09. The van der Waals surface area contributed by atoms with Gasteiger partial charge in [0, 0.05) is 37.1 Å². The van der Waals surface area contributed by atoms with Gasteiger partial charge in [0.05, 0.1) is 23.5 Å². The van der Waals surface area contributed by atoms with Crippen LogP contribution >= 0.6 is 0 Å². The number of nitrogens with one attached hydrogen (secondary N) is 2. The number of nitrogens with zero attached hydrogens (tertiary/aromatic N) is 4. The molecular formula is C23H27F3N6. The second kappa shape index (κ2) is 10.3. The van der Waals surface area contributed by atoms with E-state index in [1.54, 1.807) is 19.2 Å². The molecule has 3 aromatic rings. The van der Waals surface area contributed by atoms with Crippen LogP contribution in [0.4, 0.5) is 13.2 Å². The first-order chi connectivity index (χ1) is 15.3. The summed E-state index contributed by atoms with van der Waals surface area (Å²) in [4.78, 5) is 8.63. The molecule has 3 rings (SSSR count). The van der Waals surface area contributed by atoms with Crippen LogP contribution in [0.3, 0.4) is 0 Å². The summed E-state index contributed by atoms with van der Waals surface area (Å²) in [5.74, 6) is 0.458. The first-order valence-corrected chi connectivity index (χ1v) is 10.4. The van der Waals surface area contributed by atoms with E-state index in [2.05, 4.69) is 25.7 Å². The lowest BCUT2D eigenvalue weighted by Gasteiger charge is -2.15. The molecule has 0 amide bonds. The molecule has 0 atom stereocenters. The first kappa shape index (κ1) is 23.3. The Bertz CT molecular complexity index is 1060. The van der Waals surface area contributed by atoms with Crippen molar-refractivity contribution in [3.8, 4) is 5.69 Å². The number of guanidine groups is 1. The zero-order valence-electron chi connectivity index (χ0n) is 18.4. The summed E-state index contributed by atoms with van der Waals surface area (Å²) in [6, 6.07) is 11.7. The molecular weight excluding hydrogens is 417 g/mol. The molecule has 6 nitrogen and oxygen atoms in total. The maximum Gasteiger partial charge on any atom is 0.416 e. The molecule has 0 aliphatic heterocycles. The highest BCUT2D eigenvalue weighted by Gasteiger charge is 2.33. The predicted molar refractivity (Wildman–Crippen MR) is 119 cm³/mol. The van der Waals surface area contributed by atoms with Crippen LogP contribution in [0.25, 0.3) is 5.69 Å². The van der Waals surface area contributed by atoms with Gasteiger partial charge in [-0.05, 0) is 56.7 Å². The molecule has 32 heavy (non-hydrogen) atoms. The number of hydrogen-bond donors (Lipinski definition) is 2. The van der Waals surface area contributed by atoms with Crippen LogP contribution in [0.1, 0.15) is 35.1 Å². The number of alkyl halides is 3. The number of rotatable bonds is 7. The average molecular weight is 445 g/mol. The largest absolute Gasteiger partial charge is 0.416 e. The maximum atomic E-state index is 13.8. The van der Waals surface area contributed by atoms with Crippen molar-refractivity contribution < 1.29 is 13.2 Å². The van der Waals surface area contributed by atoms with Crippen LogP contribution in [0, 0.1) is 13.8 Å². The van der Waals surface area contributed by atoms with Gasteiger partial charge < -0.3 is 10.6 Å². The van der Waals surface area contributed by atoms with Crippen molar-refractivity contribution in [3.63, 3.8) is 0 Å². The van der Waals surface area contributed by atoms with Crippen LogP contribution < -0.4 is 10.6 Å². The van der Waals surface area contributed by atoms with E-state index in [0.29, 0.717) is 31.2 Å². The molecule has 0 bridgehead atoms. The van der Waals surface area contributed by atoms with E-state index in [4.69, 9.17) is 0 Å².